The topological polar surface area (TPSA) is 64.3 Å². The number of ether oxygens (including phenoxy) is 1. The number of carbonyl (C=O) groups is 1. The molecule has 0 radical (unpaired) electrons. The number of nitrogens with one attached hydrogen (secondary N) is 1. The van der Waals surface area contributed by atoms with E-state index in [1.807, 2.05) is 25.1 Å². The molecule has 0 aliphatic heterocycles. The molecule has 1 amide bonds. The lowest BCUT2D eigenvalue weighted by Crippen LogP contribution is -2.22. The summed E-state index contributed by atoms with van der Waals surface area (Å²) in [5.41, 5.74) is 6.56. The number of nitrogen functional groups attached to an aromatic ring is 1. The molecule has 0 aromatic heterocycles. The number of hydrogen-bond donors (Lipinski definition) is 2. The summed E-state index contributed by atoms with van der Waals surface area (Å²) >= 11 is 1.56. The van der Waals surface area contributed by atoms with Crippen molar-refractivity contribution in [1.82, 2.24) is 5.32 Å². The van der Waals surface area contributed by atoms with Gasteiger partial charge in [0.25, 0.3) is 0 Å². The Hall–Kier alpha value is -1.36. The van der Waals surface area contributed by atoms with Gasteiger partial charge >= 0.3 is 0 Å². The van der Waals surface area contributed by atoms with E-state index in [2.05, 4.69) is 5.32 Å². The van der Waals surface area contributed by atoms with Gasteiger partial charge in [0.2, 0.25) is 5.91 Å². The van der Waals surface area contributed by atoms with Crippen LogP contribution in [0, 0.1) is 0 Å². The van der Waals surface area contributed by atoms with Crippen molar-refractivity contribution in [2.45, 2.75) is 18.2 Å². The summed E-state index contributed by atoms with van der Waals surface area (Å²) in [4.78, 5) is 12.2. The van der Waals surface area contributed by atoms with E-state index in [1.54, 1.807) is 18.9 Å². The summed E-state index contributed by atoms with van der Waals surface area (Å²) in [6.07, 6.45) is 0.495. The summed E-state index contributed by atoms with van der Waals surface area (Å²) in [5, 5.41) is 2.76. The van der Waals surface area contributed by atoms with Crippen molar-refractivity contribution in [3.05, 3.63) is 18.2 Å². The molecule has 0 unspecified atom stereocenters. The van der Waals surface area contributed by atoms with Gasteiger partial charge in [-0.2, -0.15) is 0 Å². The number of carbonyl (C=O) groups excluding carboxylic acids is 1. The van der Waals surface area contributed by atoms with Gasteiger partial charge in [0.05, 0.1) is 7.11 Å². The van der Waals surface area contributed by atoms with E-state index in [0.29, 0.717) is 24.4 Å². The molecule has 0 heterocycles. The molecule has 4 nitrogen and oxygen atoms in total. The number of nitrogens with two attached hydrogens (primary N) is 1. The van der Waals surface area contributed by atoms with E-state index in [0.717, 1.165) is 10.6 Å². The Kier molecular flexibility index (Phi) is 5.69. The lowest BCUT2D eigenvalue weighted by molar-refractivity contribution is -0.120. The summed E-state index contributed by atoms with van der Waals surface area (Å²) < 4.78 is 5.13. The molecule has 1 aromatic rings. The summed E-state index contributed by atoms with van der Waals surface area (Å²) in [6.45, 7) is 2.58. The Bertz CT molecular complexity index is 383. The van der Waals surface area contributed by atoms with E-state index in [-0.39, 0.29) is 5.91 Å². The number of methoxy groups -OCH3 is 1. The van der Waals surface area contributed by atoms with Crippen molar-refractivity contribution < 1.29 is 9.53 Å². The van der Waals surface area contributed by atoms with Crippen LogP contribution in [-0.4, -0.2) is 25.3 Å². The Balaban J connectivity index is 2.48. The molecule has 17 heavy (non-hydrogen) atoms. The van der Waals surface area contributed by atoms with Gasteiger partial charge in [0.1, 0.15) is 5.75 Å². The van der Waals surface area contributed by atoms with Crippen LogP contribution < -0.4 is 15.8 Å². The number of rotatable bonds is 6. The van der Waals surface area contributed by atoms with E-state index in [1.165, 1.54) is 0 Å². The van der Waals surface area contributed by atoms with Crippen LogP contribution in [-0.2, 0) is 4.79 Å². The fourth-order valence-electron chi connectivity index (χ4n) is 1.31. The molecule has 1 aromatic carbocycles. The standard InChI is InChI=1S/C12H18N2O2S/c1-3-14-12(15)6-7-17-11-8-9(16-2)4-5-10(11)13/h4-5,8H,3,6-7,13H2,1-2H3,(H,14,15). The van der Waals surface area contributed by atoms with Crippen LogP contribution in [0.4, 0.5) is 5.69 Å². The van der Waals surface area contributed by atoms with Crippen molar-refractivity contribution in [1.29, 1.82) is 0 Å². The first-order valence-electron chi connectivity index (χ1n) is 5.50. The first-order valence-corrected chi connectivity index (χ1v) is 6.49. The summed E-state index contributed by atoms with van der Waals surface area (Å²) in [7, 11) is 1.62. The quantitative estimate of drug-likeness (QED) is 0.601. The number of amides is 1. The highest BCUT2D eigenvalue weighted by Crippen LogP contribution is 2.29. The fourth-order valence-corrected chi connectivity index (χ4v) is 2.25. The summed E-state index contributed by atoms with van der Waals surface area (Å²) in [6, 6.07) is 5.52. The molecule has 0 saturated heterocycles. The zero-order chi connectivity index (χ0) is 12.7. The first kappa shape index (κ1) is 13.7. The fraction of sp³-hybridized carbons (Fsp3) is 0.417. The average Bonchev–Trinajstić information content (AvgIpc) is 2.32. The normalized spacial score (nSPS) is 10.0. The van der Waals surface area contributed by atoms with E-state index in [4.69, 9.17) is 10.5 Å². The molecule has 0 bridgehead atoms. The molecule has 0 fully saturated rings. The zero-order valence-corrected chi connectivity index (χ0v) is 11.0. The third-order valence-corrected chi connectivity index (χ3v) is 3.25. The van der Waals surface area contributed by atoms with Gasteiger partial charge in [-0.3, -0.25) is 4.79 Å². The molecule has 0 atom stereocenters. The molecular weight excluding hydrogens is 236 g/mol. The monoisotopic (exact) mass is 254 g/mol. The predicted octanol–water partition coefficient (Wildman–Crippen LogP) is 1.90. The predicted molar refractivity (Wildman–Crippen MR) is 71.4 cm³/mol. The Labute approximate surface area is 106 Å². The van der Waals surface area contributed by atoms with Gasteiger partial charge in [-0.1, -0.05) is 0 Å². The molecule has 5 heteroatoms. The Morgan fingerprint density at radius 3 is 2.94 bits per heavy atom. The maximum Gasteiger partial charge on any atom is 0.220 e. The molecule has 0 saturated carbocycles. The third kappa shape index (κ3) is 4.56. The minimum absolute atomic E-state index is 0.0708. The largest absolute Gasteiger partial charge is 0.497 e. The first-order chi connectivity index (χ1) is 8.17. The highest BCUT2D eigenvalue weighted by molar-refractivity contribution is 7.99. The van der Waals surface area contributed by atoms with Crippen LogP contribution in [0.1, 0.15) is 13.3 Å². The Morgan fingerprint density at radius 2 is 2.29 bits per heavy atom. The maximum atomic E-state index is 11.3. The van der Waals surface area contributed by atoms with Crippen molar-refractivity contribution >= 4 is 23.4 Å². The van der Waals surface area contributed by atoms with Crippen LogP contribution in [0.25, 0.3) is 0 Å². The van der Waals surface area contributed by atoms with Crippen molar-refractivity contribution in [3.8, 4) is 5.75 Å². The second kappa shape index (κ2) is 7.06. The number of hydrogen-bond acceptors (Lipinski definition) is 4. The molecule has 0 aliphatic rings. The number of benzene rings is 1. The lowest BCUT2D eigenvalue weighted by atomic mass is 10.3. The Morgan fingerprint density at radius 1 is 1.53 bits per heavy atom. The van der Waals surface area contributed by atoms with Gasteiger partial charge in [-0.25, -0.2) is 0 Å². The van der Waals surface area contributed by atoms with Gasteiger partial charge in [-0.15, -0.1) is 11.8 Å². The SMILES string of the molecule is CCNC(=O)CCSc1cc(OC)ccc1N. The van der Waals surface area contributed by atoms with Gasteiger partial charge in [0.15, 0.2) is 0 Å². The molecule has 1 rings (SSSR count). The average molecular weight is 254 g/mol. The van der Waals surface area contributed by atoms with E-state index < -0.39 is 0 Å². The molecular formula is C12H18N2O2S. The highest BCUT2D eigenvalue weighted by atomic mass is 32.2. The third-order valence-electron chi connectivity index (χ3n) is 2.18. The van der Waals surface area contributed by atoms with E-state index in [9.17, 15) is 4.79 Å². The molecule has 94 valence electrons. The van der Waals surface area contributed by atoms with Crippen LogP contribution in [0.2, 0.25) is 0 Å². The van der Waals surface area contributed by atoms with Crippen LogP contribution in [0.3, 0.4) is 0 Å². The minimum atomic E-state index is 0.0708. The molecule has 0 spiro atoms. The zero-order valence-electron chi connectivity index (χ0n) is 10.2. The minimum Gasteiger partial charge on any atom is -0.497 e. The summed E-state index contributed by atoms with van der Waals surface area (Å²) in [5.74, 6) is 1.56. The number of anilines is 1. The van der Waals surface area contributed by atoms with Crippen LogP contribution in [0.15, 0.2) is 23.1 Å². The maximum absolute atomic E-state index is 11.3. The van der Waals surface area contributed by atoms with Gasteiger partial charge in [-0.05, 0) is 25.1 Å². The molecule has 0 aliphatic carbocycles. The second-order valence-electron chi connectivity index (χ2n) is 3.46. The van der Waals surface area contributed by atoms with Crippen LogP contribution in [0.5, 0.6) is 5.75 Å². The molecule has 3 N–H and O–H groups in total. The second-order valence-corrected chi connectivity index (χ2v) is 4.59. The van der Waals surface area contributed by atoms with Crippen LogP contribution >= 0.6 is 11.8 Å². The highest BCUT2D eigenvalue weighted by Gasteiger charge is 2.04. The number of thioether (sulfide) groups is 1. The van der Waals surface area contributed by atoms with Gasteiger partial charge < -0.3 is 15.8 Å². The van der Waals surface area contributed by atoms with Gasteiger partial charge in [0, 0.05) is 29.3 Å². The van der Waals surface area contributed by atoms with Crippen molar-refractivity contribution in [2.75, 3.05) is 25.1 Å². The van der Waals surface area contributed by atoms with E-state index >= 15 is 0 Å². The lowest BCUT2D eigenvalue weighted by Gasteiger charge is -2.07. The van der Waals surface area contributed by atoms with Crippen molar-refractivity contribution in [2.24, 2.45) is 0 Å². The smallest absolute Gasteiger partial charge is 0.220 e. The van der Waals surface area contributed by atoms with Crippen molar-refractivity contribution in [3.63, 3.8) is 0 Å².